The summed E-state index contributed by atoms with van der Waals surface area (Å²) >= 11 is 0. The molecule has 27 heavy (non-hydrogen) atoms. The van der Waals surface area contributed by atoms with E-state index in [9.17, 15) is 9.59 Å². The first-order chi connectivity index (χ1) is 13.1. The Morgan fingerprint density at radius 1 is 1.15 bits per heavy atom. The summed E-state index contributed by atoms with van der Waals surface area (Å²) in [6, 6.07) is 16.2. The van der Waals surface area contributed by atoms with E-state index in [0.29, 0.717) is 23.2 Å². The van der Waals surface area contributed by atoms with Crippen molar-refractivity contribution < 1.29 is 4.79 Å². The van der Waals surface area contributed by atoms with Gasteiger partial charge in [0.05, 0.1) is 10.9 Å². The quantitative estimate of drug-likeness (QED) is 0.544. The van der Waals surface area contributed by atoms with Crippen LogP contribution in [0.25, 0.3) is 16.7 Å². The van der Waals surface area contributed by atoms with E-state index in [2.05, 4.69) is 10.3 Å². The van der Waals surface area contributed by atoms with Crippen molar-refractivity contribution in [1.82, 2.24) is 19.3 Å². The molecule has 4 rings (SSSR count). The summed E-state index contributed by atoms with van der Waals surface area (Å²) in [5.74, 6) is -0.404. The number of rotatable bonds is 3. The van der Waals surface area contributed by atoms with Gasteiger partial charge in [0.15, 0.2) is 0 Å². The fourth-order valence-electron chi connectivity index (χ4n) is 3.02. The molecule has 7 nitrogen and oxygen atoms in total. The lowest BCUT2D eigenvalue weighted by Crippen LogP contribution is -2.33. The zero-order chi connectivity index (χ0) is 19.0. The predicted octanol–water partition coefficient (Wildman–Crippen LogP) is 1.60. The molecular weight excluding hydrogens is 342 g/mol. The van der Waals surface area contributed by atoms with E-state index in [-0.39, 0.29) is 16.6 Å². The van der Waals surface area contributed by atoms with Crippen LogP contribution in [0.4, 0.5) is 0 Å². The molecule has 0 aliphatic rings. The second-order valence-corrected chi connectivity index (χ2v) is 6.22. The maximum Gasteiger partial charge on any atom is 0.267 e. The number of benzene rings is 1. The van der Waals surface area contributed by atoms with E-state index in [1.165, 1.54) is 15.0 Å². The molecule has 0 aliphatic carbocycles. The van der Waals surface area contributed by atoms with Gasteiger partial charge in [-0.2, -0.15) is 0 Å². The van der Waals surface area contributed by atoms with Crippen molar-refractivity contribution in [3.05, 3.63) is 87.8 Å². The molecule has 134 valence electrons. The summed E-state index contributed by atoms with van der Waals surface area (Å²) in [6.07, 6.45) is 1.63. The van der Waals surface area contributed by atoms with Gasteiger partial charge in [0.1, 0.15) is 16.8 Å². The number of fused-ring (bicyclic) bond motifs is 2. The van der Waals surface area contributed by atoms with Gasteiger partial charge < -0.3 is 9.88 Å². The average Bonchev–Trinajstić information content (AvgIpc) is 2.70. The summed E-state index contributed by atoms with van der Waals surface area (Å²) in [6.45, 7) is 0.343. The molecule has 1 aromatic carbocycles. The van der Waals surface area contributed by atoms with Crippen molar-refractivity contribution in [1.29, 1.82) is 5.41 Å². The van der Waals surface area contributed by atoms with Crippen molar-refractivity contribution >= 4 is 22.6 Å². The zero-order valence-electron chi connectivity index (χ0n) is 14.6. The predicted molar refractivity (Wildman–Crippen MR) is 101 cm³/mol. The van der Waals surface area contributed by atoms with E-state index >= 15 is 0 Å². The van der Waals surface area contributed by atoms with Crippen molar-refractivity contribution in [2.24, 2.45) is 7.05 Å². The number of carbonyl (C=O) groups is 1. The number of pyridine rings is 2. The minimum Gasteiger partial charge on any atom is -0.348 e. The van der Waals surface area contributed by atoms with Crippen LogP contribution in [0.3, 0.4) is 0 Å². The maximum absolute atomic E-state index is 12.8. The van der Waals surface area contributed by atoms with Gasteiger partial charge in [-0.3, -0.25) is 19.4 Å². The van der Waals surface area contributed by atoms with E-state index in [0.717, 1.165) is 5.56 Å². The Morgan fingerprint density at radius 3 is 2.67 bits per heavy atom. The first-order valence-electron chi connectivity index (χ1n) is 8.44. The zero-order valence-corrected chi connectivity index (χ0v) is 14.6. The lowest BCUT2D eigenvalue weighted by Gasteiger charge is -2.11. The molecule has 7 heteroatoms. The fraction of sp³-hybridized carbons (Fsp3) is 0.100. The van der Waals surface area contributed by atoms with E-state index < -0.39 is 5.91 Å². The number of aryl methyl sites for hydroxylation is 1. The molecule has 0 bridgehead atoms. The van der Waals surface area contributed by atoms with Gasteiger partial charge in [-0.25, -0.2) is 4.98 Å². The number of aromatic nitrogens is 3. The van der Waals surface area contributed by atoms with Crippen LogP contribution in [0.1, 0.15) is 15.9 Å². The van der Waals surface area contributed by atoms with Crippen LogP contribution in [0, 0.1) is 5.41 Å². The Morgan fingerprint density at radius 2 is 1.89 bits per heavy atom. The maximum atomic E-state index is 12.8. The van der Waals surface area contributed by atoms with Gasteiger partial charge in [-0.1, -0.05) is 36.4 Å². The molecular formula is C20H17N5O2. The number of hydrogen-bond donors (Lipinski definition) is 2. The van der Waals surface area contributed by atoms with Gasteiger partial charge >= 0.3 is 0 Å². The lowest BCUT2D eigenvalue weighted by atomic mass is 10.2. The highest BCUT2D eigenvalue weighted by molar-refractivity contribution is 5.96. The Balaban J connectivity index is 1.81. The summed E-state index contributed by atoms with van der Waals surface area (Å²) in [4.78, 5) is 29.9. The minimum atomic E-state index is -0.404. The summed E-state index contributed by atoms with van der Waals surface area (Å²) in [5.41, 5.74) is 1.68. The first kappa shape index (κ1) is 16.7. The Hall–Kier alpha value is -3.74. The Bertz CT molecular complexity index is 1290. The smallest absolute Gasteiger partial charge is 0.267 e. The van der Waals surface area contributed by atoms with Crippen LogP contribution in [-0.4, -0.2) is 19.9 Å². The van der Waals surface area contributed by atoms with Crippen LogP contribution in [0.15, 0.2) is 65.6 Å². The molecule has 0 spiro atoms. The molecule has 0 unspecified atom stereocenters. The summed E-state index contributed by atoms with van der Waals surface area (Å²) < 4.78 is 2.89. The lowest BCUT2D eigenvalue weighted by molar-refractivity contribution is 0.0948. The van der Waals surface area contributed by atoms with Crippen molar-refractivity contribution in [3.8, 4) is 0 Å². The fourth-order valence-corrected chi connectivity index (χ4v) is 3.02. The molecule has 2 N–H and O–H groups in total. The van der Waals surface area contributed by atoms with Crippen molar-refractivity contribution in [3.63, 3.8) is 0 Å². The number of carbonyl (C=O) groups excluding carboxylic acids is 1. The van der Waals surface area contributed by atoms with E-state index in [1.54, 1.807) is 31.4 Å². The average molecular weight is 359 g/mol. The summed E-state index contributed by atoms with van der Waals surface area (Å²) in [7, 11) is 1.63. The standard InChI is InChI=1S/C20H17N5O2/c1-24-17(21)14(19(26)22-12-13-7-3-2-4-8-13)11-15-18(24)23-16-9-5-6-10-25(16)20(15)27/h2-11,21H,12H2,1H3,(H,22,26). The topological polar surface area (TPSA) is 92.2 Å². The number of amides is 1. The molecule has 0 radical (unpaired) electrons. The molecule has 0 saturated heterocycles. The monoisotopic (exact) mass is 359 g/mol. The first-order valence-corrected chi connectivity index (χ1v) is 8.44. The number of nitrogens with zero attached hydrogens (tertiary/aromatic N) is 3. The SMILES string of the molecule is Cn1c(=N)c(C(=O)NCc2ccccc2)cc2c(=O)n3ccccc3nc21. The van der Waals surface area contributed by atoms with Crippen molar-refractivity contribution in [2.45, 2.75) is 6.54 Å². The van der Waals surface area contributed by atoms with E-state index in [1.807, 2.05) is 30.3 Å². The normalized spacial score (nSPS) is 11.0. The van der Waals surface area contributed by atoms with Gasteiger partial charge in [0.25, 0.3) is 11.5 Å². The largest absolute Gasteiger partial charge is 0.348 e. The Labute approximate surface area is 154 Å². The molecule has 0 atom stereocenters. The third-order valence-electron chi connectivity index (χ3n) is 4.49. The second-order valence-electron chi connectivity index (χ2n) is 6.22. The van der Waals surface area contributed by atoms with Crippen LogP contribution < -0.4 is 16.4 Å². The molecule has 4 aromatic rings. The molecule has 3 heterocycles. The molecule has 3 aromatic heterocycles. The highest BCUT2D eigenvalue weighted by Crippen LogP contribution is 2.09. The van der Waals surface area contributed by atoms with Gasteiger partial charge in [0.2, 0.25) is 0 Å². The highest BCUT2D eigenvalue weighted by Gasteiger charge is 2.15. The highest BCUT2D eigenvalue weighted by atomic mass is 16.1. The Kier molecular flexibility index (Phi) is 4.04. The van der Waals surface area contributed by atoms with Gasteiger partial charge in [0, 0.05) is 19.8 Å². The summed E-state index contributed by atoms with van der Waals surface area (Å²) in [5, 5.41) is 11.4. The van der Waals surface area contributed by atoms with E-state index in [4.69, 9.17) is 5.41 Å². The van der Waals surface area contributed by atoms with Crippen LogP contribution in [-0.2, 0) is 13.6 Å². The van der Waals surface area contributed by atoms with Gasteiger partial charge in [-0.05, 0) is 23.8 Å². The minimum absolute atomic E-state index is 0.000225. The van der Waals surface area contributed by atoms with Crippen molar-refractivity contribution in [2.75, 3.05) is 0 Å². The van der Waals surface area contributed by atoms with Gasteiger partial charge in [-0.15, -0.1) is 0 Å². The van der Waals surface area contributed by atoms with Crippen LogP contribution in [0.5, 0.6) is 0 Å². The molecule has 0 fully saturated rings. The van der Waals surface area contributed by atoms with Crippen LogP contribution in [0.2, 0.25) is 0 Å². The molecule has 0 aliphatic heterocycles. The molecule has 1 amide bonds. The third-order valence-corrected chi connectivity index (χ3v) is 4.49. The second kappa shape index (κ2) is 6.53. The number of nitrogens with one attached hydrogen (secondary N) is 2. The number of hydrogen-bond acceptors (Lipinski definition) is 4. The van der Waals surface area contributed by atoms with Crippen LogP contribution >= 0.6 is 0 Å². The molecule has 0 saturated carbocycles. The third kappa shape index (κ3) is 2.89.